The number of nitrogens with one attached hydrogen (secondary N) is 5. The van der Waals surface area contributed by atoms with Gasteiger partial charge in [0, 0.05) is 51.2 Å². The van der Waals surface area contributed by atoms with Crippen molar-refractivity contribution in [3.05, 3.63) is 65.8 Å². The number of benzene rings is 1. The number of carbonyl (C=O) groups excluding carboxylic acids is 8. The highest BCUT2D eigenvalue weighted by Crippen LogP contribution is 2.43. The van der Waals surface area contributed by atoms with Gasteiger partial charge in [0.15, 0.2) is 0 Å². The highest BCUT2D eigenvalue weighted by atomic mass is 16.6. The van der Waals surface area contributed by atoms with Gasteiger partial charge >= 0.3 is 18.1 Å². The highest BCUT2D eigenvalue weighted by Gasteiger charge is 2.58. The lowest BCUT2D eigenvalue weighted by Gasteiger charge is -2.40. The molecule has 23 heteroatoms. The molecule has 0 aromatic heterocycles. The topological polar surface area (TPSA) is 325 Å². The summed E-state index contributed by atoms with van der Waals surface area (Å²) in [6, 6.07) is 3.74. The summed E-state index contributed by atoms with van der Waals surface area (Å²) in [5.74, 6) is -2.53. The van der Waals surface area contributed by atoms with Crippen molar-refractivity contribution >= 4 is 53.3 Å². The van der Waals surface area contributed by atoms with Gasteiger partial charge in [-0.05, 0) is 114 Å². The SMILES string of the molecule is CC(=O)O[C@@H](C)/C=C\C(=O)N[C@@H]1C[C@H](C)[C@H](C/C=C(C)/C=C/[C@H]2O[C@H](CC(=O)N3CCCCN3C(=O)OCc3ccc(NC(=O)[C@H](CCCNC(N)=O)NC(=O)[C@@H](NC(=O)CCCCCN)C(C)C)cc3)C[C@@]3(CO3)[C@@H]2O)O[C@@H]1C. The van der Waals surface area contributed by atoms with E-state index in [2.05, 4.69) is 39.6 Å². The molecule has 4 saturated heterocycles. The van der Waals surface area contributed by atoms with E-state index >= 15 is 0 Å². The van der Waals surface area contributed by atoms with E-state index in [-0.39, 0.29) is 86.8 Å². The van der Waals surface area contributed by atoms with Gasteiger partial charge in [0.2, 0.25) is 29.5 Å². The van der Waals surface area contributed by atoms with Crippen molar-refractivity contribution in [2.45, 2.75) is 192 Å². The molecular formula is C57H87N9O14. The fourth-order valence-corrected chi connectivity index (χ4v) is 9.97. The van der Waals surface area contributed by atoms with Crippen LogP contribution >= 0.6 is 0 Å². The molecule has 5 rings (SSSR count). The van der Waals surface area contributed by atoms with Crippen LogP contribution in [0.15, 0.2) is 60.2 Å². The number of rotatable bonds is 27. The minimum absolute atomic E-state index is 0.0617. The number of unbranched alkanes of at least 4 members (excludes halogenated alkanes) is 2. The number of hydrogen-bond donors (Lipinski definition) is 8. The molecule has 0 aliphatic carbocycles. The number of primary amides is 1. The number of hydrogen-bond acceptors (Lipinski definition) is 15. The molecule has 80 heavy (non-hydrogen) atoms. The quantitative estimate of drug-likeness (QED) is 0.0202. The van der Waals surface area contributed by atoms with Crippen LogP contribution in [0.4, 0.5) is 15.3 Å². The number of epoxide rings is 1. The third-order valence-electron chi connectivity index (χ3n) is 14.7. The minimum atomic E-state index is -1.03. The van der Waals surface area contributed by atoms with Crippen molar-refractivity contribution in [1.82, 2.24) is 31.3 Å². The summed E-state index contributed by atoms with van der Waals surface area (Å²) in [6.07, 6.45) is 10.5. The van der Waals surface area contributed by atoms with Crippen LogP contribution < -0.4 is 38.1 Å². The Hall–Kier alpha value is -6.40. The molecule has 8 amide bonds. The Balaban J connectivity index is 1.11. The Morgan fingerprint density at radius 2 is 1.62 bits per heavy atom. The maximum absolute atomic E-state index is 14.0. The molecule has 4 aliphatic rings. The van der Waals surface area contributed by atoms with E-state index in [9.17, 15) is 43.5 Å². The lowest BCUT2D eigenvalue weighted by atomic mass is 9.87. The van der Waals surface area contributed by atoms with Crippen molar-refractivity contribution in [2.24, 2.45) is 23.3 Å². The first-order valence-corrected chi connectivity index (χ1v) is 28.2. The second-order valence-corrected chi connectivity index (χ2v) is 21.8. The summed E-state index contributed by atoms with van der Waals surface area (Å²) in [4.78, 5) is 103. The van der Waals surface area contributed by atoms with Crippen LogP contribution in [0.1, 0.15) is 131 Å². The number of aliphatic hydroxyl groups excluding tert-OH is 1. The van der Waals surface area contributed by atoms with Gasteiger partial charge in [-0.25, -0.2) is 19.6 Å². The molecule has 444 valence electrons. The summed E-state index contributed by atoms with van der Waals surface area (Å²) >= 11 is 0. The van der Waals surface area contributed by atoms with E-state index in [0.717, 1.165) is 18.4 Å². The van der Waals surface area contributed by atoms with Crippen molar-refractivity contribution in [2.75, 3.05) is 38.1 Å². The second kappa shape index (κ2) is 31.6. The molecule has 0 bridgehead atoms. The Morgan fingerprint density at radius 3 is 2.29 bits per heavy atom. The summed E-state index contributed by atoms with van der Waals surface area (Å²) in [6.45, 7) is 14.0. The van der Waals surface area contributed by atoms with Crippen molar-refractivity contribution in [3.8, 4) is 0 Å². The van der Waals surface area contributed by atoms with Gasteiger partial charge in [-0.2, -0.15) is 0 Å². The summed E-state index contributed by atoms with van der Waals surface area (Å²) in [7, 11) is 0. The van der Waals surface area contributed by atoms with Gasteiger partial charge in [0.1, 0.15) is 42.6 Å². The minimum Gasteiger partial charge on any atom is -0.459 e. The molecule has 4 aliphatic heterocycles. The summed E-state index contributed by atoms with van der Waals surface area (Å²) in [5.41, 5.74) is 11.8. The fraction of sp³-hybridized carbons (Fsp3) is 0.649. The standard InChI is InChI=1S/C57H87N9O14/c1-35(2)51(64-48(68)15-9-8-10-26-58)54(73)63-44(14-13-27-60-55(59)74)53(72)61-42-21-19-41(20-22-42)33-76-56(75)66-29-12-11-28-65(66)50(70)31-43-32-57(34-77-57)52(71)47(80-43)24-17-36(3)16-23-46-37(4)30-45(39(6)79-46)62-49(69)25-18-38(5)78-40(7)67/h16-22,24-25,35,37-39,43-47,51-52,71H,8-15,23,26-34,58H2,1-7H3,(H,61,72)(H,62,69)(H,63,73)(H,64,68)(H3,59,60,74)/b24-17+,25-18-,36-16+/t37-,38-,39+,43+,44-,45+,46-,47+,51-,52+,57+/m0/s1. The van der Waals surface area contributed by atoms with E-state index in [4.69, 9.17) is 35.2 Å². The second-order valence-electron chi connectivity index (χ2n) is 21.8. The average Bonchev–Trinajstić information content (AvgIpc) is 4.28. The Labute approximate surface area is 470 Å². The third kappa shape index (κ3) is 20.6. The number of nitrogens with two attached hydrogens (primary N) is 2. The van der Waals surface area contributed by atoms with Crippen LogP contribution in [0, 0.1) is 11.8 Å². The van der Waals surface area contributed by atoms with Crippen molar-refractivity contribution < 1.29 is 67.1 Å². The van der Waals surface area contributed by atoms with Crippen LogP contribution in [0.5, 0.6) is 0 Å². The number of nitrogens with zero attached hydrogens (tertiary/aromatic N) is 2. The monoisotopic (exact) mass is 1120 g/mol. The number of aliphatic hydroxyl groups is 1. The van der Waals surface area contributed by atoms with E-state index in [1.165, 1.54) is 29.1 Å². The lowest BCUT2D eigenvalue weighted by molar-refractivity contribution is -0.163. The summed E-state index contributed by atoms with van der Waals surface area (Å²) < 4.78 is 29.2. The molecule has 4 heterocycles. The van der Waals surface area contributed by atoms with Crippen LogP contribution in [0.2, 0.25) is 0 Å². The molecule has 0 saturated carbocycles. The molecule has 4 fully saturated rings. The number of allylic oxidation sites excluding steroid dienone is 2. The van der Waals surface area contributed by atoms with Gasteiger partial charge in [-0.15, -0.1) is 0 Å². The smallest absolute Gasteiger partial charge is 0.429 e. The van der Waals surface area contributed by atoms with Gasteiger partial charge in [0.05, 0.1) is 37.4 Å². The zero-order valence-electron chi connectivity index (χ0n) is 47.6. The van der Waals surface area contributed by atoms with Gasteiger partial charge in [0.25, 0.3) is 0 Å². The fourth-order valence-electron chi connectivity index (χ4n) is 9.97. The van der Waals surface area contributed by atoms with E-state index in [1.807, 2.05) is 19.9 Å². The van der Waals surface area contributed by atoms with Crippen molar-refractivity contribution in [1.29, 1.82) is 0 Å². The molecule has 23 nitrogen and oxygen atoms in total. The van der Waals surface area contributed by atoms with E-state index in [0.29, 0.717) is 75.9 Å². The van der Waals surface area contributed by atoms with Crippen LogP contribution in [-0.2, 0) is 59.1 Å². The highest BCUT2D eigenvalue weighted by molar-refractivity contribution is 5.98. The van der Waals surface area contributed by atoms with Gasteiger partial charge in [-0.3, -0.25) is 28.8 Å². The number of urea groups is 1. The zero-order chi connectivity index (χ0) is 58.5. The molecule has 10 N–H and O–H groups in total. The predicted molar refractivity (Wildman–Crippen MR) is 296 cm³/mol. The molecule has 1 aromatic rings. The van der Waals surface area contributed by atoms with Crippen LogP contribution in [-0.4, -0.2) is 156 Å². The predicted octanol–water partition coefficient (Wildman–Crippen LogP) is 4.07. The van der Waals surface area contributed by atoms with E-state index in [1.54, 1.807) is 51.1 Å². The first-order valence-electron chi connectivity index (χ1n) is 28.2. The molecule has 1 spiro atoms. The van der Waals surface area contributed by atoms with Gasteiger partial charge in [-0.1, -0.05) is 63.1 Å². The molecule has 0 unspecified atom stereocenters. The summed E-state index contributed by atoms with van der Waals surface area (Å²) in [5, 5.41) is 27.9. The lowest BCUT2D eigenvalue weighted by Crippen LogP contribution is -2.55. The number of ether oxygens (including phenoxy) is 5. The number of hydrazine groups is 1. The number of esters is 1. The number of carbonyl (C=O) groups is 8. The zero-order valence-corrected chi connectivity index (χ0v) is 47.6. The van der Waals surface area contributed by atoms with Crippen molar-refractivity contribution in [3.63, 3.8) is 0 Å². The molecule has 1 aromatic carbocycles. The Kier molecular flexibility index (Phi) is 25.4. The first-order chi connectivity index (χ1) is 38.1. The maximum Gasteiger partial charge on any atom is 0.429 e. The number of anilines is 1. The molecule has 11 atom stereocenters. The van der Waals surface area contributed by atoms with Crippen LogP contribution in [0.25, 0.3) is 0 Å². The van der Waals surface area contributed by atoms with Gasteiger partial charge < -0.3 is 66.8 Å². The number of amides is 8. The molecule has 0 radical (unpaired) electrons. The normalized spacial score (nSPS) is 25.1. The van der Waals surface area contributed by atoms with E-state index < -0.39 is 72.0 Å². The Morgan fingerprint density at radius 1 is 0.912 bits per heavy atom. The Bertz CT molecular complexity index is 2360. The third-order valence-corrected chi connectivity index (χ3v) is 14.7. The maximum atomic E-state index is 14.0. The van der Waals surface area contributed by atoms with Crippen LogP contribution in [0.3, 0.4) is 0 Å². The largest absolute Gasteiger partial charge is 0.459 e. The molecular weight excluding hydrogens is 1030 g/mol. The average molecular weight is 1120 g/mol. The first kappa shape index (κ1) is 64.4.